The molecule has 94 valence electrons. The predicted octanol–water partition coefficient (Wildman–Crippen LogP) is 2.15. The van der Waals surface area contributed by atoms with Gasteiger partial charge in [-0.15, -0.1) is 0 Å². The van der Waals surface area contributed by atoms with E-state index >= 15 is 0 Å². The molecule has 0 bridgehead atoms. The molecule has 1 fully saturated rings. The zero-order valence-electron chi connectivity index (χ0n) is 10.7. The lowest BCUT2D eigenvalue weighted by atomic mass is 10.1. The number of hydrogen-bond donors (Lipinski definition) is 1. The fourth-order valence-electron chi connectivity index (χ4n) is 1.86. The van der Waals surface area contributed by atoms with Crippen molar-refractivity contribution in [1.82, 2.24) is 4.90 Å². The van der Waals surface area contributed by atoms with Crippen LogP contribution in [0.1, 0.15) is 52.4 Å². The standard InChI is InChI=1S/C13H26N2O/c1-3-4-9-15(12-6-7-12)13(16)8-5-11(2)10-14/h11-12H,3-10,14H2,1-2H3. The van der Waals surface area contributed by atoms with Crippen LogP contribution in [0.4, 0.5) is 0 Å². The lowest BCUT2D eigenvalue weighted by molar-refractivity contribution is -0.132. The third-order valence-corrected chi connectivity index (χ3v) is 3.31. The Hall–Kier alpha value is -0.570. The van der Waals surface area contributed by atoms with Gasteiger partial charge in [-0.25, -0.2) is 0 Å². The average molecular weight is 226 g/mol. The number of carbonyl (C=O) groups excluding carboxylic acids is 1. The molecule has 0 saturated heterocycles. The van der Waals surface area contributed by atoms with Crippen molar-refractivity contribution in [1.29, 1.82) is 0 Å². The van der Waals surface area contributed by atoms with Crippen LogP contribution < -0.4 is 5.73 Å². The maximum atomic E-state index is 12.0. The molecule has 3 nitrogen and oxygen atoms in total. The zero-order chi connectivity index (χ0) is 12.0. The smallest absolute Gasteiger partial charge is 0.222 e. The van der Waals surface area contributed by atoms with Crippen molar-refractivity contribution < 1.29 is 4.79 Å². The van der Waals surface area contributed by atoms with E-state index in [-0.39, 0.29) is 0 Å². The lowest BCUT2D eigenvalue weighted by Gasteiger charge is -2.22. The van der Waals surface area contributed by atoms with E-state index in [9.17, 15) is 4.79 Å². The Balaban J connectivity index is 2.29. The molecular weight excluding hydrogens is 200 g/mol. The van der Waals surface area contributed by atoms with Gasteiger partial charge in [0.25, 0.3) is 0 Å². The summed E-state index contributed by atoms with van der Waals surface area (Å²) < 4.78 is 0. The second-order valence-corrected chi connectivity index (χ2v) is 5.05. The molecule has 2 N–H and O–H groups in total. The summed E-state index contributed by atoms with van der Waals surface area (Å²) in [5, 5.41) is 0. The molecule has 16 heavy (non-hydrogen) atoms. The van der Waals surface area contributed by atoms with Crippen molar-refractivity contribution in [2.24, 2.45) is 11.7 Å². The maximum Gasteiger partial charge on any atom is 0.222 e. The molecule has 1 aliphatic carbocycles. The summed E-state index contributed by atoms with van der Waals surface area (Å²) in [6.07, 6.45) is 6.33. The van der Waals surface area contributed by atoms with E-state index in [2.05, 4.69) is 18.7 Å². The van der Waals surface area contributed by atoms with E-state index in [0.29, 0.717) is 30.8 Å². The first-order chi connectivity index (χ1) is 7.69. The van der Waals surface area contributed by atoms with E-state index in [4.69, 9.17) is 5.73 Å². The summed E-state index contributed by atoms with van der Waals surface area (Å²) in [7, 11) is 0. The third-order valence-electron chi connectivity index (χ3n) is 3.31. The zero-order valence-corrected chi connectivity index (χ0v) is 10.7. The Morgan fingerprint density at radius 2 is 2.19 bits per heavy atom. The van der Waals surface area contributed by atoms with E-state index in [0.717, 1.165) is 25.8 Å². The predicted molar refractivity (Wildman–Crippen MR) is 67.1 cm³/mol. The SMILES string of the molecule is CCCCN(C(=O)CCC(C)CN)C1CC1. The van der Waals surface area contributed by atoms with Gasteiger partial charge >= 0.3 is 0 Å². The minimum Gasteiger partial charge on any atom is -0.340 e. The summed E-state index contributed by atoms with van der Waals surface area (Å²) in [6, 6.07) is 0.562. The Kier molecular flexibility index (Phi) is 5.81. The first-order valence-corrected chi connectivity index (χ1v) is 6.68. The normalized spacial score (nSPS) is 17.2. The van der Waals surface area contributed by atoms with Crippen LogP contribution in [-0.4, -0.2) is 29.9 Å². The number of nitrogens with zero attached hydrogens (tertiary/aromatic N) is 1. The highest BCUT2D eigenvalue weighted by Gasteiger charge is 2.31. The van der Waals surface area contributed by atoms with Crippen LogP contribution in [0.3, 0.4) is 0 Å². The number of nitrogens with two attached hydrogens (primary N) is 1. The molecule has 0 radical (unpaired) electrons. The quantitative estimate of drug-likeness (QED) is 0.689. The van der Waals surface area contributed by atoms with Gasteiger partial charge in [0.2, 0.25) is 5.91 Å². The summed E-state index contributed by atoms with van der Waals surface area (Å²) in [5.41, 5.74) is 5.56. The fraction of sp³-hybridized carbons (Fsp3) is 0.923. The highest BCUT2D eigenvalue weighted by Crippen LogP contribution is 2.28. The van der Waals surface area contributed by atoms with Crippen LogP contribution in [0.25, 0.3) is 0 Å². The Morgan fingerprint density at radius 3 is 2.69 bits per heavy atom. The minimum absolute atomic E-state index is 0.344. The van der Waals surface area contributed by atoms with Crippen LogP contribution in [0.2, 0.25) is 0 Å². The van der Waals surface area contributed by atoms with Crippen LogP contribution in [0.15, 0.2) is 0 Å². The van der Waals surface area contributed by atoms with Crippen molar-refractivity contribution >= 4 is 5.91 Å². The van der Waals surface area contributed by atoms with Crippen molar-refractivity contribution in [3.63, 3.8) is 0 Å². The molecule has 0 aromatic carbocycles. The highest BCUT2D eigenvalue weighted by atomic mass is 16.2. The second-order valence-electron chi connectivity index (χ2n) is 5.05. The van der Waals surface area contributed by atoms with Crippen LogP contribution in [0.5, 0.6) is 0 Å². The molecule has 3 heteroatoms. The molecule has 0 aromatic heterocycles. The number of rotatable bonds is 8. The van der Waals surface area contributed by atoms with Gasteiger partial charge in [-0.05, 0) is 38.1 Å². The van der Waals surface area contributed by atoms with Crippen molar-refractivity contribution in [3.8, 4) is 0 Å². The topological polar surface area (TPSA) is 46.3 Å². The van der Waals surface area contributed by atoms with Crippen molar-refractivity contribution in [2.45, 2.75) is 58.4 Å². The van der Waals surface area contributed by atoms with Gasteiger partial charge in [0, 0.05) is 19.0 Å². The molecule has 0 aliphatic heterocycles. The first-order valence-electron chi connectivity index (χ1n) is 6.68. The summed E-state index contributed by atoms with van der Waals surface area (Å²) in [5.74, 6) is 0.812. The van der Waals surface area contributed by atoms with Crippen molar-refractivity contribution in [2.75, 3.05) is 13.1 Å². The fourth-order valence-corrected chi connectivity index (χ4v) is 1.86. The number of hydrogen-bond acceptors (Lipinski definition) is 2. The van der Waals surface area contributed by atoms with Crippen molar-refractivity contribution in [3.05, 3.63) is 0 Å². The molecule has 1 saturated carbocycles. The molecule has 1 atom stereocenters. The average Bonchev–Trinajstić information content (AvgIpc) is 3.10. The molecule has 0 spiro atoms. The molecule has 1 aliphatic rings. The number of unbranched alkanes of at least 4 members (excludes halogenated alkanes) is 1. The van der Waals surface area contributed by atoms with Gasteiger partial charge in [0.05, 0.1) is 0 Å². The number of carbonyl (C=O) groups is 1. The molecule has 0 heterocycles. The Bertz CT molecular complexity index is 214. The van der Waals surface area contributed by atoms with Gasteiger partial charge in [-0.2, -0.15) is 0 Å². The van der Waals surface area contributed by atoms with Gasteiger partial charge in [-0.1, -0.05) is 20.3 Å². The summed E-state index contributed by atoms with van der Waals surface area (Å²) >= 11 is 0. The van der Waals surface area contributed by atoms with E-state index in [1.807, 2.05) is 0 Å². The Labute approximate surface area is 99.4 Å². The summed E-state index contributed by atoms with van der Waals surface area (Å²) in [6.45, 7) is 5.93. The van der Waals surface area contributed by atoms with E-state index in [1.54, 1.807) is 0 Å². The monoisotopic (exact) mass is 226 g/mol. The molecule has 1 amide bonds. The third kappa shape index (κ3) is 4.52. The lowest BCUT2D eigenvalue weighted by Crippen LogP contribution is -2.34. The molecule has 1 unspecified atom stereocenters. The Morgan fingerprint density at radius 1 is 1.50 bits per heavy atom. The van der Waals surface area contributed by atoms with Gasteiger partial charge in [0.15, 0.2) is 0 Å². The number of amides is 1. The molecule has 0 aromatic rings. The van der Waals surface area contributed by atoms with Crippen LogP contribution >= 0.6 is 0 Å². The molecular formula is C13H26N2O. The first kappa shape index (κ1) is 13.5. The largest absolute Gasteiger partial charge is 0.340 e. The van der Waals surface area contributed by atoms with E-state index in [1.165, 1.54) is 12.8 Å². The summed E-state index contributed by atoms with van der Waals surface area (Å²) in [4.78, 5) is 14.1. The second kappa shape index (κ2) is 6.89. The minimum atomic E-state index is 0.344. The van der Waals surface area contributed by atoms with Gasteiger partial charge in [-0.3, -0.25) is 4.79 Å². The van der Waals surface area contributed by atoms with Gasteiger partial charge in [0.1, 0.15) is 0 Å². The molecule has 1 rings (SSSR count). The highest BCUT2D eigenvalue weighted by molar-refractivity contribution is 5.76. The van der Waals surface area contributed by atoms with Gasteiger partial charge < -0.3 is 10.6 Å². The van der Waals surface area contributed by atoms with Crippen LogP contribution in [0, 0.1) is 5.92 Å². The van der Waals surface area contributed by atoms with Crippen LogP contribution in [-0.2, 0) is 4.79 Å². The maximum absolute atomic E-state index is 12.0. The van der Waals surface area contributed by atoms with E-state index < -0.39 is 0 Å².